The van der Waals surface area contributed by atoms with Gasteiger partial charge in [-0.2, -0.15) is 0 Å². The number of amides is 2. The van der Waals surface area contributed by atoms with E-state index in [1.807, 2.05) is 0 Å². The second-order valence-corrected chi connectivity index (χ2v) is 6.30. The quantitative estimate of drug-likeness (QED) is 0.779. The largest absolute Gasteiger partial charge is 0.497 e. The SMILES string of the molecule is COc1ccc(NC(=O)CN(C)C(C)C(=O)Nc2ccc(Cl)cc2)cc1. The fourth-order valence-corrected chi connectivity index (χ4v) is 2.34. The van der Waals surface area contributed by atoms with Crippen LogP contribution in [0.5, 0.6) is 5.75 Å². The van der Waals surface area contributed by atoms with Crippen LogP contribution in [0.3, 0.4) is 0 Å². The molecule has 0 aliphatic heterocycles. The summed E-state index contributed by atoms with van der Waals surface area (Å²) in [4.78, 5) is 26.2. The molecule has 0 radical (unpaired) electrons. The van der Waals surface area contributed by atoms with E-state index in [0.717, 1.165) is 0 Å². The first-order valence-corrected chi connectivity index (χ1v) is 8.47. The molecule has 7 heteroatoms. The zero-order valence-electron chi connectivity index (χ0n) is 15.0. The second-order valence-electron chi connectivity index (χ2n) is 5.86. The van der Waals surface area contributed by atoms with Gasteiger partial charge in [0.05, 0.1) is 19.7 Å². The van der Waals surface area contributed by atoms with E-state index in [1.165, 1.54) is 0 Å². The topological polar surface area (TPSA) is 70.7 Å². The number of nitrogens with zero attached hydrogens (tertiary/aromatic N) is 1. The summed E-state index contributed by atoms with van der Waals surface area (Å²) in [7, 11) is 3.30. The van der Waals surface area contributed by atoms with Crippen molar-refractivity contribution in [3.05, 3.63) is 53.6 Å². The maximum atomic E-state index is 12.3. The summed E-state index contributed by atoms with van der Waals surface area (Å²) in [5.74, 6) is 0.309. The van der Waals surface area contributed by atoms with Gasteiger partial charge in [-0.25, -0.2) is 0 Å². The first kappa shape index (κ1) is 19.8. The predicted octanol–water partition coefficient (Wildman–Crippen LogP) is 3.25. The zero-order chi connectivity index (χ0) is 19.1. The molecule has 1 unspecified atom stereocenters. The number of nitrogens with one attached hydrogen (secondary N) is 2. The Hall–Kier alpha value is -2.57. The lowest BCUT2D eigenvalue weighted by molar-refractivity contribution is -0.122. The lowest BCUT2D eigenvalue weighted by Gasteiger charge is -2.23. The van der Waals surface area contributed by atoms with Gasteiger partial charge < -0.3 is 15.4 Å². The highest BCUT2D eigenvalue weighted by atomic mass is 35.5. The number of benzene rings is 2. The summed E-state index contributed by atoms with van der Waals surface area (Å²) in [5, 5.41) is 6.19. The molecule has 0 bridgehead atoms. The number of carbonyl (C=O) groups is 2. The molecule has 0 saturated heterocycles. The second kappa shape index (κ2) is 9.22. The summed E-state index contributed by atoms with van der Waals surface area (Å²) in [5.41, 5.74) is 1.32. The zero-order valence-corrected chi connectivity index (χ0v) is 15.7. The number of carbonyl (C=O) groups excluding carboxylic acids is 2. The molecule has 6 nitrogen and oxygen atoms in total. The van der Waals surface area contributed by atoms with Crippen molar-refractivity contribution in [1.29, 1.82) is 0 Å². The normalized spacial score (nSPS) is 11.7. The monoisotopic (exact) mass is 375 g/mol. The van der Waals surface area contributed by atoms with E-state index in [0.29, 0.717) is 22.1 Å². The number of ether oxygens (including phenoxy) is 1. The molecule has 2 amide bonds. The Morgan fingerprint density at radius 2 is 1.58 bits per heavy atom. The van der Waals surface area contributed by atoms with Crippen LogP contribution >= 0.6 is 11.6 Å². The standard InChI is InChI=1S/C19H22ClN3O3/c1-13(19(25)22-16-6-4-14(20)5-7-16)23(2)12-18(24)21-15-8-10-17(26-3)11-9-15/h4-11,13H,12H2,1-3H3,(H,21,24)(H,22,25). The van der Waals surface area contributed by atoms with Crippen LogP contribution in [-0.4, -0.2) is 43.5 Å². The van der Waals surface area contributed by atoms with Gasteiger partial charge in [0.1, 0.15) is 5.75 Å². The van der Waals surface area contributed by atoms with E-state index >= 15 is 0 Å². The molecule has 2 aromatic rings. The number of halogens is 1. The van der Waals surface area contributed by atoms with Crippen molar-refractivity contribution in [2.75, 3.05) is 31.3 Å². The van der Waals surface area contributed by atoms with E-state index in [2.05, 4.69) is 10.6 Å². The third kappa shape index (κ3) is 5.75. The number of rotatable bonds is 7. The molecule has 2 rings (SSSR count). The maximum Gasteiger partial charge on any atom is 0.241 e. The number of hydrogen-bond acceptors (Lipinski definition) is 4. The maximum absolute atomic E-state index is 12.3. The molecule has 0 aliphatic rings. The Balaban J connectivity index is 1.86. The molecule has 0 aromatic heterocycles. The van der Waals surface area contributed by atoms with Crippen molar-refractivity contribution < 1.29 is 14.3 Å². The lowest BCUT2D eigenvalue weighted by Crippen LogP contribution is -2.43. The molecule has 2 aromatic carbocycles. The van der Waals surface area contributed by atoms with Gasteiger partial charge in [-0.15, -0.1) is 0 Å². The molecule has 0 aliphatic carbocycles. The average Bonchev–Trinajstić information content (AvgIpc) is 2.63. The minimum atomic E-state index is -0.479. The minimum Gasteiger partial charge on any atom is -0.497 e. The Morgan fingerprint density at radius 1 is 1.04 bits per heavy atom. The van der Waals surface area contributed by atoms with Gasteiger partial charge in [-0.1, -0.05) is 11.6 Å². The first-order chi connectivity index (χ1) is 12.4. The van der Waals surface area contributed by atoms with Gasteiger partial charge in [-0.3, -0.25) is 14.5 Å². The summed E-state index contributed by atoms with van der Waals surface area (Å²) in [6.07, 6.45) is 0. The van der Waals surface area contributed by atoms with E-state index in [-0.39, 0.29) is 18.4 Å². The van der Waals surface area contributed by atoms with Gasteiger partial charge in [0.2, 0.25) is 11.8 Å². The highest BCUT2D eigenvalue weighted by Gasteiger charge is 2.20. The molecule has 138 valence electrons. The van der Waals surface area contributed by atoms with Crippen LogP contribution in [0.4, 0.5) is 11.4 Å². The van der Waals surface area contributed by atoms with Crippen molar-refractivity contribution in [3.63, 3.8) is 0 Å². The van der Waals surface area contributed by atoms with Gasteiger partial charge in [0.25, 0.3) is 0 Å². The molecule has 0 spiro atoms. The van der Waals surface area contributed by atoms with Crippen molar-refractivity contribution in [2.24, 2.45) is 0 Å². The highest BCUT2D eigenvalue weighted by molar-refractivity contribution is 6.30. The average molecular weight is 376 g/mol. The summed E-state index contributed by atoms with van der Waals surface area (Å²) >= 11 is 5.83. The van der Waals surface area contributed by atoms with Crippen LogP contribution in [0.2, 0.25) is 5.02 Å². The van der Waals surface area contributed by atoms with Crippen molar-refractivity contribution in [2.45, 2.75) is 13.0 Å². The minimum absolute atomic E-state index is 0.0846. The molecule has 26 heavy (non-hydrogen) atoms. The van der Waals surface area contributed by atoms with Gasteiger partial charge >= 0.3 is 0 Å². The van der Waals surface area contributed by atoms with Crippen LogP contribution in [0, 0.1) is 0 Å². The van der Waals surface area contributed by atoms with E-state index in [1.54, 1.807) is 74.5 Å². The number of likely N-dealkylation sites (N-methyl/N-ethyl adjacent to an activating group) is 1. The van der Waals surface area contributed by atoms with E-state index in [4.69, 9.17) is 16.3 Å². The molecular formula is C19H22ClN3O3. The summed E-state index contributed by atoms with van der Waals surface area (Å²) in [6, 6.07) is 13.4. The van der Waals surface area contributed by atoms with Gasteiger partial charge in [-0.05, 0) is 62.5 Å². The van der Waals surface area contributed by atoms with Crippen LogP contribution in [0.1, 0.15) is 6.92 Å². The van der Waals surface area contributed by atoms with Crippen molar-refractivity contribution >= 4 is 34.8 Å². The van der Waals surface area contributed by atoms with Crippen molar-refractivity contribution in [1.82, 2.24) is 4.90 Å². The van der Waals surface area contributed by atoms with E-state index in [9.17, 15) is 9.59 Å². The van der Waals surface area contributed by atoms with Crippen molar-refractivity contribution in [3.8, 4) is 5.75 Å². The molecule has 1 atom stereocenters. The van der Waals surface area contributed by atoms with E-state index < -0.39 is 6.04 Å². The Kier molecular flexibility index (Phi) is 7.00. The van der Waals surface area contributed by atoms with Crippen LogP contribution in [0.25, 0.3) is 0 Å². The molecule has 0 fully saturated rings. The van der Waals surface area contributed by atoms with Crippen LogP contribution < -0.4 is 15.4 Å². The smallest absolute Gasteiger partial charge is 0.241 e. The number of methoxy groups -OCH3 is 1. The first-order valence-electron chi connectivity index (χ1n) is 8.09. The third-order valence-corrected chi connectivity index (χ3v) is 4.17. The number of anilines is 2. The number of hydrogen-bond donors (Lipinski definition) is 2. The molecule has 0 saturated carbocycles. The summed E-state index contributed by atoms with van der Waals surface area (Å²) in [6.45, 7) is 1.83. The van der Waals surface area contributed by atoms with Gasteiger partial charge in [0, 0.05) is 16.4 Å². The Labute approximate surface area is 158 Å². The predicted molar refractivity (Wildman–Crippen MR) is 104 cm³/mol. The fourth-order valence-electron chi connectivity index (χ4n) is 2.22. The molecular weight excluding hydrogens is 354 g/mol. The fraction of sp³-hybridized carbons (Fsp3) is 0.263. The molecule has 2 N–H and O–H groups in total. The third-order valence-electron chi connectivity index (χ3n) is 3.92. The summed E-state index contributed by atoms with van der Waals surface area (Å²) < 4.78 is 5.08. The highest BCUT2D eigenvalue weighted by Crippen LogP contribution is 2.16. The lowest BCUT2D eigenvalue weighted by atomic mass is 10.2. The molecule has 0 heterocycles. The Bertz CT molecular complexity index is 748. The van der Waals surface area contributed by atoms with Crippen LogP contribution in [0.15, 0.2) is 48.5 Å². The Morgan fingerprint density at radius 3 is 2.15 bits per heavy atom. The van der Waals surface area contributed by atoms with Gasteiger partial charge in [0.15, 0.2) is 0 Å². The van der Waals surface area contributed by atoms with Crippen LogP contribution in [-0.2, 0) is 9.59 Å².